The van der Waals surface area contributed by atoms with Gasteiger partial charge in [-0.05, 0) is 49.2 Å². The molecule has 1 N–H and O–H groups in total. The Morgan fingerprint density at radius 2 is 1.85 bits per heavy atom. The van der Waals surface area contributed by atoms with Gasteiger partial charge in [0.25, 0.3) is 5.91 Å². The summed E-state index contributed by atoms with van der Waals surface area (Å²) in [7, 11) is 0. The molecule has 27 heavy (non-hydrogen) atoms. The summed E-state index contributed by atoms with van der Waals surface area (Å²) in [5.74, 6) is 1.01. The van der Waals surface area contributed by atoms with E-state index in [4.69, 9.17) is 4.42 Å². The van der Waals surface area contributed by atoms with Crippen LogP contribution in [0.3, 0.4) is 0 Å². The van der Waals surface area contributed by atoms with Crippen LogP contribution in [0.25, 0.3) is 0 Å². The Hall–Kier alpha value is -3.47. The van der Waals surface area contributed by atoms with Crippen LogP contribution in [0.4, 0.5) is 0 Å². The van der Waals surface area contributed by atoms with Crippen molar-refractivity contribution in [3.63, 3.8) is 0 Å². The SMILES string of the molecule is Cc1ccc(C=NNC(=O)c2cccc(CC(=O)c3ccccc3C)c2)o1. The largest absolute Gasteiger partial charge is 0.460 e. The lowest BCUT2D eigenvalue weighted by Crippen LogP contribution is -2.18. The zero-order valence-corrected chi connectivity index (χ0v) is 15.2. The molecule has 0 aliphatic heterocycles. The maximum atomic E-state index is 12.5. The van der Waals surface area contributed by atoms with E-state index in [1.54, 1.807) is 24.3 Å². The van der Waals surface area contributed by atoms with Crippen LogP contribution in [0.15, 0.2) is 70.2 Å². The van der Waals surface area contributed by atoms with Crippen LogP contribution in [-0.2, 0) is 6.42 Å². The lowest BCUT2D eigenvalue weighted by Gasteiger charge is -2.06. The number of hydrogen-bond donors (Lipinski definition) is 1. The van der Waals surface area contributed by atoms with Crippen LogP contribution in [0, 0.1) is 13.8 Å². The number of carbonyl (C=O) groups is 2. The van der Waals surface area contributed by atoms with E-state index >= 15 is 0 Å². The molecule has 3 rings (SSSR count). The molecule has 1 aromatic heterocycles. The van der Waals surface area contributed by atoms with Gasteiger partial charge < -0.3 is 4.42 Å². The highest BCUT2D eigenvalue weighted by atomic mass is 16.3. The summed E-state index contributed by atoms with van der Waals surface area (Å²) in [4.78, 5) is 24.8. The van der Waals surface area contributed by atoms with Crippen molar-refractivity contribution < 1.29 is 14.0 Å². The highest BCUT2D eigenvalue weighted by Gasteiger charge is 2.11. The molecule has 136 valence electrons. The summed E-state index contributed by atoms with van der Waals surface area (Å²) in [5.41, 5.74) is 5.33. The monoisotopic (exact) mass is 360 g/mol. The minimum absolute atomic E-state index is 0.0249. The predicted molar refractivity (Wildman–Crippen MR) is 104 cm³/mol. The maximum Gasteiger partial charge on any atom is 0.271 e. The molecule has 5 nitrogen and oxygen atoms in total. The summed E-state index contributed by atoms with van der Waals surface area (Å²) in [5, 5.41) is 3.90. The minimum atomic E-state index is -0.347. The topological polar surface area (TPSA) is 71.7 Å². The molecular weight excluding hydrogens is 340 g/mol. The van der Waals surface area contributed by atoms with Crippen LogP contribution in [0.5, 0.6) is 0 Å². The standard InChI is InChI=1S/C22H20N2O3/c1-15-6-3-4-9-20(15)21(25)13-17-7-5-8-18(12-17)22(26)24-23-14-19-11-10-16(2)27-19/h3-12,14H,13H2,1-2H3,(H,24,26). The van der Waals surface area contributed by atoms with E-state index in [9.17, 15) is 9.59 Å². The molecule has 0 aliphatic carbocycles. The first-order valence-corrected chi connectivity index (χ1v) is 8.60. The number of ketones is 1. The van der Waals surface area contributed by atoms with Crippen LogP contribution in [-0.4, -0.2) is 17.9 Å². The lowest BCUT2D eigenvalue weighted by molar-refractivity contribution is 0.0951. The normalized spacial score (nSPS) is 10.9. The fourth-order valence-corrected chi connectivity index (χ4v) is 2.73. The van der Waals surface area contributed by atoms with Crippen molar-refractivity contribution in [1.29, 1.82) is 0 Å². The van der Waals surface area contributed by atoms with Crippen molar-refractivity contribution in [1.82, 2.24) is 5.43 Å². The number of carbonyl (C=O) groups excluding carboxylic acids is 2. The second-order valence-corrected chi connectivity index (χ2v) is 6.26. The van der Waals surface area contributed by atoms with Gasteiger partial charge in [-0.25, -0.2) is 5.43 Å². The number of Topliss-reactive ketones (excluding diaryl/α,β-unsaturated/α-hetero) is 1. The van der Waals surface area contributed by atoms with Gasteiger partial charge in [0.1, 0.15) is 11.5 Å². The molecule has 2 aromatic carbocycles. The summed E-state index contributed by atoms with van der Waals surface area (Å²) in [6.45, 7) is 3.75. The number of amides is 1. The molecule has 0 bridgehead atoms. The van der Waals surface area contributed by atoms with Crippen molar-refractivity contribution in [2.45, 2.75) is 20.3 Å². The van der Waals surface area contributed by atoms with Crippen LogP contribution in [0.2, 0.25) is 0 Å². The molecule has 1 amide bonds. The number of nitrogens with zero attached hydrogens (tertiary/aromatic N) is 1. The highest BCUT2D eigenvalue weighted by Crippen LogP contribution is 2.13. The maximum absolute atomic E-state index is 12.5. The zero-order valence-electron chi connectivity index (χ0n) is 15.2. The Morgan fingerprint density at radius 3 is 2.59 bits per heavy atom. The van der Waals surface area contributed by atoms with E-state index in [1.807, 2.05) is 50.2 Å². The van der Waals surface area contributed by atoms with Gasteiger partial charge in [-0.3, -0.25) is 9.59 Å². The highest BCUT2D eigenvalue weighted by molar-refractivity contribution is 5.99. The number of furan rings is 1. The molecule has 0 saturated carbocycles. The van der Waals surface area contributed by atoms with Crippen molar-refractivity contribution in [3.05, 3.63) is 94.4 Å². The predicted octanol–water partition coefficient (Wildman–Crippen LogP) is 4.09. The van der Waals surface area contributed by atoms with E-state index in [1.165, 1.54) is 6.21 Å². The van der Waals surface area contributed by atoms with E-state index in [2.05, 4.69) is 10.5 Å². The van der Waals surface area contributed by atoms with Gasteiger partial charge in [-0.2, -0.15) is 5.10 Å². The fraction of sp³-hybridized carbons (Fsp3) is 0.136. The first kappa shape index (κ1) is 18.3. The van der Waals surface area contributed by atoms with Gasteiger partial charge >= 0.3 is 0 Å². The molecule has 0 aliphatic rings. The van der Waals surface area contributed by atoms with E-state index in [0.717, 1.165) is 16.9 Å². The number of benzene rings is 2. The molecule has 0 spiro atoms. The Bertz CT molecular complexity index is 1000. The smallest absolute Gasteiger partial charge is 0.271 e. The summed E-state index contributed by atoms with van der Waals surface area (Å²) >= 11 is 0. The summed E-state index contributed by atoms with van der Waals surface area (Å²) in [6, 6.07) is 18.1. The third kappa shape index (κ3) is 4.79. The molecule has 0 radical (unpaired) electrons. The van der Waals surface area contributed by atoms with E-state index in [-0.39, 0.29) is 18.1 Å². The molecule has 0 fully saturated rings. The zero-order chi connectivity index (χ0) is 19.2. The number of hydrogen-bond acceptors (Lipinski definition) is 4. The van der Waals surface area contributed by atoms with Gasteiger partial charge in [-0.1, -0.05) is 36.4 Å². The first-order chi connectivity index (χ1) is 13.0. The Labute approximate surface area is 157 Å². The van der Waals surface area contributed by atoms with E-state index < -0.39 is 0 Å². The minimum Gasteiger partial charge on any atom is -0.460 e. The van der Waals surface area contributed by atoms with Gasteiger partial charge in [-0.15, -0.1) is 0 Å². The van der Waals surface area contributed by atoms with Gasteiger partial charge in [0, 0.05) is 17.5 Å². The molecule has 3 aromatic rings. The lowest BCUT2D eigenvalue weighted by atomic mass is 9.98. The van der Waals surface area contributed by atoms with Crippen molar-refractivity contribution in [2.24, 2.45) is 5.10 Å². The average molecular weight is 360 g/mol. The number of nitrogens with one attached hydrogen (secondary N) is 1. The Balaban J connectivity index is 1.66. The number of hydrazone groups is 1. The van der Waals surface area contributed by atoms with Crippen LogP contribution >= 0.6 is 0 Å². The molecule has 5 heteroatoms. The Morgan fingerprint density at radius 1 is 1.04 bits per heavy atom. The van der Waals surface area contributed by atoms with Crippen molar-refractivity contribution in [2.75, 3.05) is 0 Å². The molecule has 0 saturated heterocycles. The quantitative estimate of drug-likeness (QED) is 0.409. The first-order valence-electron chi connectivity index (χ1n) is 8.60. The molecule has 0 atom stereocenters. The second kappa shape index (κ2) is 8.27. The summed E-state index contributed by atoms with van der Waals surface area (Å²) in [6.07, 6.45) is 1.68. The number of aryl methyl sites for hydroxylation is 2. The second-order valence-electron chi connectivity index (χ2n) is 6.26. The third-order valence-corrected chi connectivity index (χ3v) is 4.12. The van der Waals surface area contributed by atoms with Gasteiger partial charge in [0.05, 0.1) is 6.21 Å². The van der Waals surface area contributed by atoms with Crippen LogP contribution in [0.1, 0.15) is 43.4 Å². The summed E-state index contributed by atoms with van der Waals surface area (Å²) < 4.78 is 5.35. The Kier molecular flexibility index (Phi) is 5.61. The third-order valence-electron chi connectivity index (χ3n) is 4.12. The van der Waals surface area contributed by atoms with Crippen molar-refractivity contribution >= 4 is 17.9 Å². The van der Waals surface area contributed by atoms with Crippen molar-refractivity contribution in [3.8, 4) is 0 Å². The molecule has 1 heterocycles. The fourth-order valence-electron chi connectivity index (χ4n) is 2.73. The average Bonchev–Trinajstić information content (AvgIpc) is 3.07. The number of rotatable bonds is 6. The van der Waals surface area contributed by atoms with Gasteiger partial charge in [0.15, 0.2) is 5.78 Å². The van der Waals surface area contributed by atoms with Gasteiger partial charge in [0.2, 0.25) is 0 Å². The van der Waals surface area contributed by atoms with Crippen LogP contribution < -0.4 is 5.43 Å². The molecular formula is C22H20N2O3. The van der Waals surface area contributed by atoms with E-state index in [0.29, 0.717) is 16.9 Å². The molecule has 0 unspecified atom stereocenters.